The van der Waals surface area contributed by atoms with Gasteiger partial charge in [-0.15, -0.1) is 0 Å². The Hall–Kier alpha value is -4.71. The Morgan fingerprint density at radius 2 is 0.772 bits per heavy atom. The lowest BCUT2D eigenvalue weighted by atomic mass is 10.1. The predicted molar refractivity (Wildman–Crippen MR) is 242 cm³/mol. The first-order valence-corrected chi connectivity index (χ1v) is 21.5. The molecule has 314 valence electrons. The van der Waals surface area contributed by atoms with Crippen molar-refractivity contribution < 1.29 is 28.6 Å². The fraction of sp³-hybridized carbons (Fsp3) is 0.471. The normalized spacial score (nSPS) is 13.5. The van der Waals surface area contributed by atoms with Crippen LogP contribution in [0.15, 0.2) is 146 Å². The number of esters is 3. The van der Waals surface area contributed by atoms with Crippen molar-refractivity contribution in [2.45, 2.75) is 142 Å². The summed E-state index contributed by atoms with van der Waals surface area (Å²) in [4.78, 5) is 37.6. The fourth-order valence-corrected chi connectivity index (χ4v) is 4.94. The van der Waals surface area contributed by atoms with E-state index in [0.29, 0.717) is 12.8 Å². The topological polar surface area (TPSA) is 78.9 Å². The molecule has 0 saturated heterocycles. The zero-order chi connectivity index (χ0) is 41.5. The van der Waals surface area contributed by atoms with E-state index >= 15 is 0 Å². The third-order valence-electron chi connectivity index (χ3n) is 8.08. The molecule has 0 rings (SSSR count). The number of carbonyl (C=O) groups excluding carboxylic acids is 3. The molecule has 0 aromatic rings. The third kappa shape index (κ3) is 42.3. The molecule has 57 heavy (non-hydrogen) atoms. The second-order valence-electron chi connectivity index (χ2n) is 13.3. The molecule has 0 bridgehead atoms. The highest BCUT2D eigenvalue weighted by atomic mass is 16.6. The SMILES string of the molecule is CC\C=C/C=C\C=C/C=C\C=C/CCCCCC(=O)OCC(COC(=O)C/C=C\C/C=C\C/C=C\CC)OC(=O)CCCCCCC\C=C/C=C\C=C/C=C\CC. The highest BCUT2D eigenvalue weighted by molar-refractivity contribution is 5.72. The van der Waals surface area contributed by atoms with Crippen LogP contribution in [0.1, 0.15) is 136 Å². The van der Waals surface area contributed by atoms with Crippen molar-refractivity contribution in [3.8, 4) is 0 Å². The highest BCUT2D eigenvalue weighted by Gasteiger charge is 2.19. The molecule has 0 aliphatic heterocycles. The summed E-state index contributed by atoms with van der Waals surface area (Å²) in [6, 6.07) is 0. The molecule has 1 atom stereocenters. The van der Waals surface area contributed by atoms with E-state index < -0.39 is 12.1 Å². The van der Waals surface area contributed by atoms with Gasteiger partial charge in [0.05, 0.1) is 6.42 Å². The van der Waals surface area contributed by atoms with Crippen LogP contribution in [0, 0.1) is 0 Å². The van der Waals surface area contributed by atoms with Crippen molar-refractivity contribution in [1.29, 1.82) is 0 Å². The number of hydrogen-bond acceptors (Lipinski definition) is 6. The molecule has 0 N–H and O–H groups in total. The van der Waals surface area contributed by atoms with E-state index in [-0.39, 0.29) is 44.4 Å². The second-order valence-corrected chi connectivity index (χ2v) is 13.3. The highest BCUT2D eigenvalue weighted by Crippen LogP contribution is 2.11. The van der Waals surface area contributed by atoms with E-state index in [4.69, 9.17) is 14.2 Å². The Kier molecular flexibility index (Phi) is 40.4. The minimum atomic E-state index is -0.848. The van der Waals surface area contributed by atoms with Crippen LogP contribution in [0.2, 0.25) is 0 Å². The maximum Gasteiger partial charge on any atom is 0.309 e. The summed E-state index contributed by atoms with van der Waals surface area (Å²) in [5.74, 6) is -1.16. The van der Waals surface area contributed by atoms with Crippen molar-refractivity contribution in [3.05, 3.63) is 146 Å². The Morgan fingerprint density at radius 3 is 1.30 bits per heavy atom. The molecule has 6 heteroatoms. The van der Waals surface area contributed by atoms with E-state index in [9.17, 15) is 14.4 Å². The monoisotopic (exact) mass is 783 g/mol. The number of carbonyl (C=O) groups is 3. The minimum Gasteiger partial charge on any atom is -0.462 e. The summed E-state index contributed by atoms with van der Waals surface area (Å²) >= 11 is 0. The van der Waals surface area contributed by atoms with E-state index in [1.54, 1.807) is 6.08 Å². The molecular weight excluding hydrogens is 709 g/mol. The molecule has 6 nitrogen and oxygen atoms in total. The molecule has 0 radical (unpaired) electrons. The number of allylic oxidation sites excluding steroid dienone is 23. The lowest BCUT2D eigenvalue weighted by Crippen LogP contribution is -2.30. The van der Waals surface area contributed by atoms with Crippen LogP contribution in [0.5, 0.6) is 0 Å². The van der Waals surface area contributed by atoms with Crippen molar-refractivity contribution in [1.82, 2.24) is 0 Å². The first kappa shape index (κ1) is 52.3. The molecule has 0 fully saturated rings. The lowest BCUT2D eigenvalue weighted by molar-refractivity contribution is -0.166. The van der Waals surface area contributed by atoms with Crippen molar-refractivity contribution >= 4 is 17.9 Å². The molecule has 0 aromatic carbocycles. The van der Waals surface area contributed by atoms with Gasteiger partial charge >= 0.3 is 17.9 Å². The van der Waals surface area contributed by atoms with Crippen LogP contribution in [0.4, 0.5) is 0 Å². The molecule has 0 aliphatic carbocycles. The Bertz CT molecular complexity index is 1360. The Labute approximate surface area is 347 Å². The maximum absolute atomic E-state index is 12.7. The fourth-order valence-electron chi connectivity index (χ4n) is 4.94. The first-order valence-electron chi connectivity index (χ1n) is 21.5. The quantitative estimate of drug-likeness (QED) is 0.0209. The maximum atomic E-state index is 12.7. The average molecular weight is 783 g/mol. The van der Waals surface area contributed by atoms with Crippen LogP contribution in [-0.2, 0) is 28.6 Å². The summed E-state index contributed by atoms with van der Waals surface area (Å²) in [5.41, 5.74) is 0. The minimum absolute atomic E-state index is 0.113. The van der Waals surface area contributed by atoms with Crippen LogP contribution >= 0.6 is 0 Å². The average Bonchev–Trinajstić information content (AvgIpc) is 3.21. The van der Waals surface area contributed by atoms with Gasteiger partial charge in [0.25, 0.3) is 0 Å². The number of ether oxygens (including phenoxy) is 3. The van der Waals surface area contributed by atoms with Gasteiger partial charge in [0.1, 0.15) is 13.2 Å². The first-order chi connectivity index (χ1) is 28.0. The third-order valence-corrected chi connectivity index (χ3v) is 8.08. The van der Waals surface area contributed by atoms with Gasteiger partial charge in [0.2, 0.25) is 0 Å². The van der Waals surface area contributed by atoms with Gasteiger partial charge in [-0.3, -0.25) is 14.4 Å². The van der Waals surface area contributed by atoms with E-state index in [2.05, 4.69) is 75.5 Å². The standard InChI is InChI=1S/C51H74O6/c1-4-7-10-13-16-19-21-23-25-27-29-32-35-38-41-44-50(53)56-47-48(46-55-49(52)43-40-37-34-31-18-15-12-9-6-3)57-51(54)45-42-39-36-33-30-28-26-24-22-20-17-14-11-8-5-2/h7-14,16-27,29,31,37,40,48H,4-6,15,28,30,32-36,38-39,41-47H2,1-3H3/b10-7-,11-8-,12-9-,16-13-,17-14-,21-19-,22-20-,25-23-,26-24-,29-27-,31-18-,40-37-. The molecule has 0 amide bonds. The second kappa shape index (κ2) is 44.0. The summed E-state index contributed by atoms with van der Waals surface area (Å²) in [7, 11) is 0. The summed E-state index contributed by atoms with van der Waals surface area (Å²) < 4.78 is 16.5. The molecule has 0 heterocycles. The molecule has 0 spiro atoms. The van der Waals surface area contributed by atoms with Gasteiger partial charge < -0.3 is 14.2 Å². The summed E-state index contributed by atoms with van der Waals surface area (Å²) in [6.07, 6.45) is 62.9. The van der Waals surface area contributed by atoms with E-state index in [0.717, 1.165) is 83.5 Å². The van der Waals surface area contributed by atoms with Gasteiger partial charge in [-0.25, -0.2) is 0 Å². The number of rotatable bonds is 35. The number of unbranched alkanes of at least 4 members (excludes halogenated alkanes) is 8. The summed E-state index contributed by atoms with van der Waals surface area (Å²) in [6.45, 7) is 6.03. The van der Waals surface area contributed by atoms with Gasteiger partial charge in [-0.2, -0.15) is 0 Å². The zero-order valence-electron chi connectivity index (χ0n) is 35.5. The summed E-state index contributed by atoms with van der Waals surface area (Å²) in [5, 5.41) is 0. The van der Waals surface area contributed by atoms with Gasteiger partial charge in [0.15, 0.2) is 6.10 Å². The molecule has 0 aromatic heterocycles. The number of hydrogen-bond donors (Lipinski definition) is 0. The molecule has 0 saturated carbocycles. The predicted octanol–water partition coefficient (Wildman–Crippen LogP) is 13.7. The van der Waals surface area contributed by atoms with Gasteiger partial charge in [-0.05, 0) is 70.6 Å². The van der Waals surface area contributed by atoms with Crippen molar-refractivity contribution in [3.63, 3.8) is 0 Å². The van der Waals surface area contributed by atoms with Crippen molar-refractivity contribution in [2.75, 3.05) is 13.2 Å². The Balaban J connectivity index is 4.61. The largest absolute Gasteiger partial charge is 0.462 e. The Morgan fingerprint density at radius 1 is 0.386 bits per heavy atom. The van der Waals surface area contributed by atoms with E-state index in [1.165, 1.54) is 0 Å². The van der Waals surface area contributed by atoms with Crippen LogP contribution in [-0.4, -0.2) is 37.2 Å². The van der Waals surface area contributed by atoms with Gasteiger partial charge in [0, 0.05) is 12.8 Å². The lowest BCUT2D eigenvalue weighted by Gasteiger charge is -2.18. The van der Waals surface area contributed by atoms with Crippen molar-refractivity contribution in [2.24, 2.45) is 0 Å². The molecule has 0 aliphatic rings. The van der Waals surface area contributed by atoms with Crippen LogP contribution in [0.25, 0.3) is 0 Å². The van der Waals surface area contributed by atoms with Crippen LogP contribution < -0.4 is 0 Å². The van der Waals surface area contributed by atoms with E-state index in [1.807, 2.05) is 85.1 Å². The molecule has 1 unspecified atom stereocenters. The van der Waals surface area contributed by atoms with Crippen LogP contribution in [0.3, 0.4) is 0 Å². The zero-order valence-corrected chi connectivity index (χ0v) is 35.5. The van der Waals surface area contributed by atoms with Gasteiger partial charge in [-0.1, -0.05) is 192 Å². The smallest absolute Gasteiger partial charge is 0.309 e. The molecular formula is C51H74O6.